The minimum absolute atomic E-state index is 0.322. The normalized spacial score (nSPS) is 14.5. The Labute approximate surface area is 224 Å². The van der Waals surface area contributed by atoms with Gasteiger partial charge in [-0.15, -0.1) is 0 Å². The van der Waals surface area contributed by atoms with Gasteiger partial charge in [0.2, 0.25) is 0 Å². The van der Waals surface area contributed by atoms with Crippen LogP contribution in [0.15, 0.2) is 90.3 Å². The van der Waals surface area contributed by atoms with Gasteiger partial charge in [-0.1, -0.05) is 59.1 Å². The van der Waals surface area contributed by atoms with Gasteiger partial charge in [0.1, 0.15) is 17.4 Å². The lowest BCUT2D eigenvalue weighted by molar-refractivity contribution is -0.113. The second kappa shape index (κ2) is 10.1. The fourth-order valence-corrected chi connectivity index (χ4v) is 4.63. The van der Waals surface area contributed by atoms with E-state index in [0.29, 0.717) is 49.6 Å². The number of aryl methyl sites for hydroxylation is 1. The van der Waals surface area contributed by atoms with Gasteiger partial charge in [-0.05, 0) is 56.3 Å². The van der Waals surface area contributed by atoms with Crippen LogP contribution in [0.4, 0.5) is 17.2 Å². The zero-order chi connectivity index (χ0) is 26.1. The van der Waals surface area contributed by atoms with Gasteiger partial charge in [-0.25, -0.2) is 4.68 Å². The monoisotopic (exact) mass is 531 g/mol. The van der Waals surface area contributed by atoms with Gasteiger partial charge in [0.05, 0.1) is 11.8 Å². The fourth-order valence-electron chi connectivity index (χ4n) is 4.27. The van der Waals surface area contributed by atoms with Crippen molar-refractivity contribution in [3.05, 3.63) is 117 Å². The van der Waals surface area contributed by atoms with Gasteiger partial charge in [-0.3, -0.25) is 9.59 Å². The summed E-state index contributed by atoms with van der Waals surface area (Å²) in [5.74, 6) is -0.184. The first-order valence-corrected chi connectivity index (χ1v) is 12.3. The van der Waals surface area contributed by atoms with Crippen molar-refractivity contribution in [1.29, 1.82) is 0 Å². The highest BCUT2D eigenvalue weighted by molar-refractivity contribution is 6.31. The van der Waals surface area contributed by atoms with Gasteiger partial charge in [0.15, 0.2) is 0 Å². The van der Waals surface area contributed by atoms with E-state index in [1.807, 2.05) is 49.4 Å². The molecular weight excluding hydrogens is 509 g/mol. The van der Waals surface area contributed by atoms with Crippen LogP contribution >= 0.6 is 23.2 Å². The van der Waals surface area contributed by atoms with Crippen molar-refractivity contribution in [3.8, 4) is 0 Å². The molecule has 5 rings (SSSR count). The Morgan fingerprint density at radius 2 is 1.49 bits per heavy atom. The number of halogens is 2. The maximum Gasteiger partial charge on any atom is 0.261 e. The molecule has 0 saturated heterocycles. The summed E-state index contributed by atoms with van der Waals surface area (Å²) in [6, 6.07) is 21.0. The van der Waals surface area contributed by atoms with Gasteiger partial charge in [0, 0.05) is 32.7 Å². The third kappa shape index (κ3) is 4.96. The molecule has 4 aromatic rings. The van der Waals surface area contributed by atoms with E-state index in [4.69, 9.17) is 23.2 Å². The molecule has 0 fully saturated rings. The number of benzene rings is 3. The van der Waals surface area contributed by atoms with E-state index < -0.39 is 6.04 Å². The van der Waals surface area contributed by atoms with Crippen LogP contribution in [0.25, 0.3) is 0 Å². The van der Waals surface area contributed by atoms with E-state index in [9.17, 15) is 9.59 Å². The van der Waals surface area contributed by atoms with Crippen LogP contribution in [0.5, 0.6) is 0 Å². The van der Waals surface area contributed by atoms with Gasteiger partial charge in [-0.2, -0.15) is 5.10 Å². The highest BCUT2D eigenvalue weighted by atomic mass is 35.5. The summed E-state index contributed by atoms with van der Waals surface area (Å²) >= 11 is 12.6. The zero-order valence-corrected chi connectivity index (χ0v) is 21.6. The van der Waals surface area contributed by atoms with Crippen molar-refractivity contribution in [3.63, 3.8) is 0 Å². The summed E-state index contributed by atoms with van der Waals surface area (Å²) in [4.78, 5) is 26.8. The predicted molar refractivity (Wildman–Crippen MR) is 147 cm³/mol. The van der Waals surface area contributed by atoms with Crippen molar-refractivity contribution < 1.29 is 9.59 Å². The highest BCUT2D eigenvalue weighted by Crippen LogP contribution is 2.40. The molecule has 1 aliphatic rings. The number of rotatable bonds is 5. The third-order valence-electron chi connectivity index (χ3n) is 6.12. The van der Waals surface area contributed by atoms with Crippen LogP contribution in [0, 0.1) is 6.92 Å². The van der Waals surface area contributed by atoms with E-state index in [0.717, 1.165) is 5.56 Å². The maximum atomic E-state index is 13.6. The number of nitrogens with one attached hydrogen (secondary N) is 3. The number of hydrogen-bond donors (Lipinski definition) is 3. The van der Waals surface area contributed by atoms with E-state index in [1.54, 1.807) is 41.9 Å². The summed E-state index contributed by atoms with van der Waals surface area (Å²) in [6.45, 7) is 3.77. The van der Waals surface area contributed by atoms with E-state index in [1.165, 1.54) is 6.20 Å². The molecule has 9 heteroatoms. The summed E-state index contributed by atoms with van der Waals surface area (Å²) in [5, 5.41) is 14.6. The molecule has 0 spiro atoms. The van der Waals surface area contributed by atoms with Crippen LogP contribution in [0.3, 0.4) is 0 Å². The van der Waals surface area contributed by atoms with Crippen LogP contribution < -0.4 is 16.0 Å². The number of carbonyl (C=O) groups is 2. The van der Waals surface area contributed by atoms with Gasteiger partial charge < -0.3 is 16.0 Å². The molecule has 0 radical (unpaired) electrons. The summed E-state index contributed by atoms with van der Waals surface area (Å²) in [5.41, 5.74) is 4.38. The molecule has 2 heterocycles. The largest absolute Gasteiger partial charge is 0.343 e. The lowest BCUT2D eigenvalue weighted by Crippen LogP contribution is -2.32. The Bertz CT molecular complexity index is 1530. The number of allylic oxidation sites excluding steroid dienone is 1. The quantitative estimate of drug-likeness (QED) is 0.268. The van der Waals surface area contributed by atoms with Crippen LogP contribution in [-0.2, 0) is 4.79 Å². The van der Waals surface area contributed by atoms with E-state index in [2.05, 4.69) is 21.0 Å². The second-order valence-corrected chi connectivity index (χ2v) is 9.56. The Hall–Kier alpha value is -4.07. The van der Waals surface area contributed by atoms with Crippen molar-refractivity contribution in [2.45, 2.75) is 19.9 Å². The lowest BCUT2D eigenvalue weighted by atomic mass is 9.94. The molecule has 7 nitrogen and oxygen atoms in total. The van der Waals surface area contributed by atoms with Crippen molar-refractivity contribution >= 4 is 52.2 Å². The molecule has 1 aliphatic heterocycles. The van der Waals surface area contributed by atoms with Gasteiger partial charge in [0.25, 0.3) is 11.8 Å². The Morgan fingerprint density at radius 3 is 2.16 bits per heavy atom. The Morgan fingerprint density at radius 1 is 0.865 bits per heavy atom. The summed E-state index contributed by atoms with van der Waals surface area (Å²) in [6.07, 6.45) is 1.49. The van der Waals surface area contributed by atoms with Crippen molar-refractivity contribution in [1.82, 2.24) is 9.78 Å². The minimum atomic E-state index is -0.668. The fraction of sp³-hybridized carbons (Fsp3) is 0.107. The smallest absolute Gasteiger partial charge is 0.261 e. The number of aromatic nitrogens is 2. The molecular formula is C28H23Cl2N5O2. The molecule has 0 bridgehead atoms. The SMILES string of the molecule is CC1=C(C(=O)Nc2ccc(Cl)cc2)C(c2ccccc2Cl)n2ncc(C(=O)Nc3ccc(C)cc3)c2N1. The number of anilines is 3. The first kappa shape index (κ1) is 24.6. The summed E-state index contributed by atoms with van der Waals surface area (Å²) < 4.78 is 1.62. The number of carbonyl (C=O) groups excluding carboxylic acids is 2. The molecule has 186 valence electrons. The Kier molecular flexibility index (Phi) is 6.74. The molecule has 3 aromatic carbocycles. The maximum absolute atomic E-state index is 13.6. The standard InChI is InChI=1S/C28H23Cl2N5O2/c1-16-7-11-19(12-8-16)33-27(36)22-15-31-35-25(21-5-3-4-6-23(21)30)24(17(2)32-26(22)35)28(37)34-20-13-9-18(29)10-14-20/h3-15,25,32H,1-2H3,(H,33,36)(H,34,37). The Balaban J connectivity index is 1.54. The average molecular weight is 532 g/mol. The van der Waals surface area contributed by atoms with Crippen LogP contribution in [0.2, 0.25) is 10.0 Å². The highest BCUT2D eigenvalue weighted by Gasteiger charge is 2.36. The first-order valence-electron chi connectivity index (χ1n) is 11.6. The second-order valence-electron chi connectivity index (χ2n) is 8.72. The molecule has 3 N–H and O–H groups in total. The third-order valence-corrected chi connectivity index (χ3v) is 6.72. The predicted octanol–water partition coefficient (Wildman–Crippen LogP) is 6.68. The minimum Gasteiger partial charge on any atom is -0.343 e. The number of fused-ring (bicyclic) bond motifs is 1. The van der Waals surface area contributed by atoms with Crippen LogP contribution in [0.1, 0.15) is 34.5 Å². The number of hydrogen-bond acceptors (Lipinski definition) is 4. The van der Waals surface area contributed by atoms with Crippen molar-refractivity contribution in [2.75, 3.05) is 16.0 Å². The van der Waals surface area contributed by atoms with Crippen molar-refractivity contribution in [2.24, 2.45) is 0 Å². The van der Waals surface area contributed by atoms with Crippen LogP contribution in [-0.4, -0.2) is 21.6 Å². The molecule has 1 aromatic heterocycles. The molecule has 0 aliphatic carbocycles. The molecule has 37 heavy (non-hydrogen) atoms. The number of amides is 2. The van der Waals surface area contributed by atoms with E-state index >= 15 is 0 Å². The summed E-state index contributed by atoms with van der Waals surface area (Å²) in [7, 11) is 0. The number of nitrogens with zero attached hydrogens (tertiary/aromatic N) is 2. The first-order chi connectivity index (χ1) is 17.8. The molecule has 1 atom stereocenters. The average Bonchev–Trinajstić information content (AvgIpc) is 3.30. The lowest BCUT2D eigenvalue weighted by Gasteiger charge is -2.30. The molecule has 1 unspecified atom stereocenters. The van der Waals surface area contributed by atoms with E-state index in [-0.39, 0.29) is 11.8 Å². The molecule has 2 amide bonds. The van der Waals surface area contributed by atoms with Gasteiger partial charge >= 0.3 is 0 Å². The topological polar surface area (TPSA) is 88.0 Å². The molecule has 0 saturated carbocycles. The zero-order valence-electron chi connectivity index (χ0n) is 20.0.